The third-order valence-electron chi connectivity index (χ3n) is 6.37. The first kappa shape index (κ1) is 23.7. The molecule has 0 saturated heterocycles. The molecule has 1 amide bonds. The molecule has 1 aliphatic carbocycles. The van der Waals surface area contributed by atoms with Crippen molar-refractivity contribution in [3.05, 3.63) is 72.0 Å². The number of nitriles is 2. The van der Waals surface area contributed by atoms with E-state index in [1.807, 2.05) is 6.20 Å². The topological polar surface area (TPSA) is 158 Å². The van der Waals surface area contributed by atoms with Crippen LogP contribution in [-0.4, -0.2) is 30.8 Å². The van der Waals surface area contributed by atoms with Crippen molar-refractivity contribution in [1.29, 1.82) is 10.5 Å². The van der Waals surface area contributed by atoms with Gasteiger partial charge in [-0.05, 0) is 50.1 Å². The maximum Gasteiger partial charge on any atom is 0.251 e. The van der Waals surface area contributed by atoms with Crippen LogP contribution in [0.4, 0.5) is 11.6 Å². The molecular formula is C26H23N9O2. The van der Waals surface area contributed by atoms with E-state index in [4.69, 9.17) is 9.78 Å². The van der Waals surface area contributed by atoms with Gasteiger partial charge < -0.3 is 15.2 Å². The molecule has 0 atom stereocenters. The monoisotopic (exact) mass is 493 g/mol. The summed E-state index contributed by atoms with van der Waals surface area (Å²) in [4.78, 5) is 21.3. The number of hydrogen-bond donors (Lipinski definition) is 2. The number of carbonyl (C=O) groups excluding carboxylic acids is 1. The Morgan fingerprint density at radius 1 is 1.24 bits per heavy atom. The fourth-order valence-electron chi connectivity index (χ4n) is 4.41. The first-order chi connectivity index (χ1) is 18.0. The Hall–Kier alpha value is -5.03. The van der Waals surface area contributed by atoms with E-state index in [9.17, 15) is 10.1 Å². The van der Waals surface area contributed by atoms with Crippen LogP contribution in [0.25, 0.3) is 11.3 Å². The quantitative estimate of drug-likeness (QED) is 0.372. The standard InChI is InChI=1S/C26H23N9O2/c1-17-10-22(34-37-17)15-30-24(36)19-2-4-21(5-3-19)32-25-29-9-6-23(33-25)20-14-31-35(16-20)26(7-8-27)11-18(12-26)13-28/h2-6,9-10,14,16,18H,7,11-12,15H2,1H3,(H,30,36)(H,29,32,33). The van der Waals surface area contributed by atoms with Crippen molar-refractivity contribution < 1.29 is 9.32 Å². The lowest BCUT2D eigenvalue weighted by molar-refractivity contribution is 0.0881. The van der Waals surface area contributed by atoms with Crippen LogP contribution in [0.2, 0.25) is 0 Å². The molecule has 0 aliphatic heterocycles. The molecule has 2 N–H and O–H groups in total. The summed E-state index contributed by atoms with van der Waals surface area (Å²) in [5.74, 6) is 0.814. The molecule has 3 heterocycles. The molecule has 11 nitrogen and oxygen atoms in total. The van der Waals surface area contributed by atoms with E-state index in [1.54, 1.807) is 60.4 Å². The molecule has 0 unspecified atom stereocenters. The van der Waals surface area contributed by atoms with Crippen molar-refractivity contribution in [2.45, 2.75) is 38.3 Å². The first-order valence-corrected chi connectivity index (χ1v) is 11.7. The van der Waals surface area contributed by atoms with Crippen molar-refractivity contribution >= 4 is 17.5 Å². The van der Waals surface area contributed by atoms with Gasteiger partial charge >= 0.3 is 0 Å². The number of aryl methyl sites for hydroxylation is 1. The van der Waals surface area contributed by atoms with Crippen LogP contribution in [0.5, 0.6) is 0 Å². The van der Waals surface area contributed by atoms with E-state index in [-0.39, 0.29) is 18.4 Å². The van der Waals surface area contributed by atoms with Crippen molar-refractivity contribution in [1.82, 2.24) is 30.2 Å². The summed E-state index contributed by atoms with van der Waals surface area (Å²) < 4.78 is 6.80. The van der Waals surface area contributed by atoms with Crippen LogP contribution >= 0.6 is 0 Å². The summed E-state index contributed by atoms with van der Waals surface area (Å²) in [6, 6.07) is 15.0. The van der Waals surface area contributed by atoms with Gasteiger partial charge in [-0.15, -0.1) is 0 Å². The summed E-state index contributed by atoms with van der Waals surface area (Å²) in [6.45, 7) is 2.08. The fourth-order valence-corrected chi connectivity index (χ4v) is 4.41. The number of nitrogens with zero attached hydrogens (tertiary/aromatic N) is 7. The lowest BCUT2D eigenvalue weighted by atomic mass is 9.67. The van der Waals surface area contributed by atoms with E-state index >= 15 is 0 Å². The first-order valence-electron chi connectivity index (χ1n) is 11.7. The van der Waals surface area contributed by atoms with Gasteiger partial charge in [0.2, 0.25) is 5.95 Å². The van der Waals surface area contributed by atoms with Crippen LogP contribution in [0.15, 0.2) is 59.5 Å². The SMILES string of the molecule is Cc1cc(CNC(=O)c2ccc(Nc3nccc(-c4cnn(C5(CC#N)CC(C#N)C5)c4)n3)cc2)no1. The molecule has 1 aliphatic rings. The molecule has 11 heteroatoms. The highest BCUT2D eigenvalue weighted by Gasteiger charge is 2.46. The van der Waals surface area contributed by atoms with Crippen molar-refractivity contribution in [3.8, 4) is 23.4 Å². The number of carbonyl (C=O) groups is 1. The Labute approximate surface area is 212 Å². The highest BCUT2D eigenvalue weighted by Crippen LogP contribution is 2.46. The van der Waals surface area contributed by atoms with E-state index in [0.717, 1.165) is 11.3 Å². The summed E-state index contributed by atoms with van der Waals surface area (Å²) in [7, 11) is 0. The summed E-state index contributed by atoms with van der Waals surface area (Å²) >= 11 is 0. The number of hydrogen-bond acceptors (Lipinski definition) is 9. The maximum absolute atomic E-state index is 12.4. The summed E-state index contributed by atoms with van der Waals surface area (Å²) in [6.07, 6.45) is 6.75. The Morgan fingerprint density at radius 2 is 2.05 bits per heavy atom. The minimum absolute atomic E-state index is 0.0500. The van der Waals surface area contributed by atoms with Gasteiger partial charge in [0.1, 0.15) is 11.5 Å². The number of aromatic nitrogens is 5. The predicted octanol–water partition coefficient (Wildman–Crippen LogP) is 3.85. The van der Waals surface area contributed by atoms with Gasteiger partial charge in [-0.2, -0.15) is 15.6 Å². The van der Waals surface area contributed by atoms with Gasteiger partial charge in [-0.1, -0.05) is 5.16 Å². The van der Waals surface area contributed by atoms with E-state index in [0.29, 0.717) is 47.9 Å². The van der Waals surface area contributed by atoms with Gasteiger partial charge in [0.15, 0.2) is 0 Å². The van der Waals surface area contributed by atoms with Gasteiger partial charge in [0.05, 0.1) is 48.5 Å². The van der Waals surface area contributed by atoms with Crippen LogP contribution in [0, 0.1) is 35.5 Å². The predicted molar refractivity (Wildman–Crippen MR) is 132 cm³/mol. The van der Waals surface area contributed by atoms with E-state index in [1.165, 1.54) is 0 Å². The maximum atomic E-state index is 12.4. The molecule has 5 rings (SSSR count). The van der Waals surface area contributed by atoms with Crippen LogP contribution < -0.4 is 10.6 Å². The molecule has 0 spiro atoms. The normalized spacial score (nSPS) is 18.3. The Bertz CT molecular complexity index is 1500. The van der Waals surface area contributed by atoms with Crippen LogP contribution in [0.3, 0.4) is 0 Å². The van der Waals surface area contributed by atoms with Crippen molar-refractivity contribution in [3.63, 3.8) is 0 Å². The van der Waals surface area contributed by atoms with Crippen LogP contribution in [-0.2, 0) is 12.1 Å². The second kappa shape index (κ2) is 9.91. The van der Waals surface area contributed by atoms with Gasteiger partial charge in [0, 0.05) is 35.3 Å². The number of rotatable bonds is 8. The van der Waals surface area contributed by atoms with Gasteiger partial charge in [-0.25, -0.2) is 9.97 Å². The highest BCUT2D eigenvalue weighted by molar-refractivity contribution is 5.94. The lowest BCUT2D eigenvalue weighted by Gasteiger charge is -2.43. The van der Waals surface area contributed by atoms with E-state index in [2.05, 4.69) is 43.0 Å². The number of anilines is 2. The minimum Gasteiger partial charge on any atom is -0.361 e. The highest BCUT2D eigenvalue weighted by atomic mass is 16.5. The molecule has 1 aromatic carbocycles. The zero-order chi connectivity index (χ0) is 25.8. The second-order valence-corrected chi connectivity index (χ2v) is 9.05. The molecular weight excluding hydrogens is 470 g/mol. The van der Waals surface area contributed by atoms with Crippen molar-refractivity contribution in [2.75, 3.05) is 5.32 Å². The van der Waals surface area contributed by atoms with Gasteiger partial charge in [0.25, 0.3) is 5.91 Å². The van der Waals surface area contributed by atoms with E-state index < -0.39 is 5.54 Å². The number of nitrogens with one attached hydrogen (secondary N) is 2. The molecule has 4 aromatic rings. The lowest BCUT2D eigenvalue weighted by Crippen LogP contribution is -2.46. The molecule has 3 aromatic heterocycles. The Kier molecular flexibility index (Phi) is 6.35. The van der Waals surface area contributed by atoms with Gasteiger partial charge in [-0.3, -0.25) is 9.48 Å². The zero-order valence-corrected chi connectivity index (χ0v) is 20.0. The number of benzene rings is 1. The van der Waals surface area contributed by atoms with Crippen LogP contribution in [0.1, 0.15) is 41.1 Å². The Balaban J connectivity index is 1.24. The Morgan fingerprint density at radius 3 is 2.76 bits per heavy atom. The molecule has 0 bridgehead atoms. The largest absolute Gasteiger partial charge is 0.361 e. The second-order valence-electron chi connectivity index (χ2n) is 9.05. The smallest absolute Gasteiger partial charge is 0.251 e. The molecule has 37 heavy (non-hydrogen) atoms. The average molecular weight is 494 g/mol. The molecule has 1 fully saturated rings. The van der Waals surface area contributed by atoms with Crippen molar-refractivity contribution in [2.24, 2.45) is 5.92 Å². The third kappa shape index (κ3) is 5.02. The fraction of sp³-hybridized carbons (Fsp3) is 0.269. The molecule has 184 valence electrons. The minimum atomic E-state index is -0.441. The summed E-state index contributed by atoms with van der Waals surface area (Å²) in [5, 5.41) is 32.7. The number of amides is 1. The third-order valence-corrected chi connectivity index (χ3v) is 6.37. The average Bonchev–Trinajstić information content (AvgIpc) is 3.55. The summed E-state index contributed by atoms with van der Waals surface area (Å²) in [5.41, 5.74) is 2.91. The molecule has 1 saturated carbocycles. The molecule has 0 radical (unpaired) electrons. The zero-order valence-electron chi connectivity index (χ0n) is 20.0.